The second-order valence-electron chi connectivity index (χ2n) is 8.55. The first-order valence-corrected chi connectivity index (χ1v) is 11.4. The maximum Gasteiger partial charge on any atom is 0.251 e. The molecule has 1 aliphatic rings. The third kappa shape index (κ3) is 3.64. The van der Waals surface area contributed by atoms with Crippen molar-refractivity contribution in [2.45, 2.75) is 25.8 Å². The first-order valence-electron chi connectivity index (χ1n) is 11.0. The Morgan fingerprint density at radius 3 is 2.42 bits per heavy atom. The minimum Gasteiger partial charge on any atom is -0.349 e. The minimum atomic E-state index is -0.0205. The third-order valence-corrected chi connectivity index (χ3v) is 6.41. The van der Waals surface area contributed by atoms with Crippen molar-refractivity contribution in [1.82, 2.24) is 20.1 Å². The Kier molecular flexibility index (Phi) is 4.66. The zero-order valence-corrected chi connectivity index (χ0v) is 18.8. The number of hydrogen-bond acceptors (Lipinski definition) is 3. The Labute approximate surface area is 196 Å². The molecule has 1 amide bonds. The molecule has 1 N–H and O–H groups in total. The number of hydrogen-bond donors (Lipinski definition) is 1. The van der Waals surface area contributed by atoms with Crippen LogP contribution in [-0.4, -0.2) is 26.7 Å². The minimum absolute atomic E-state index is 0.0205. The second-order valence-corrected chi connectivity index (χ2v) is 8.99. The van der Waals surface area contributed by atoms with Gasteiger partial charge in [0.25, 0.3) is 5.91 Å². The lowest BCUT2D eigenvalue weighted by atomic mass is 10.0. The summed E-state index contributed by atoms with van der Waals surface area (Å²) < 4.78 is 1.95. The van der Waals surface area contributed by atoms with Gasteiger partial charge in [0.2, 0.25) is 0 Å². The maximum absolute atomic E-state index is 12.4. The summed E-state index contributed by atoms with van der Waals surface area (Å²) in [6.45, 7) is 1.99. The van der Waals surface area contributed by atoms with Crippen LogP contribution in [0.4, 0.5) is 0 Å². The number of pyridine rings is 1. The molecular weight excluding hydrogens is 432 g/mol. The average Bonchev–Trinajstić information content (AvgIpc) is 3.59. The number of aryl methyl sites for hydroxylation is 1. The van der Waals surface area contributed by atoms with Gasteiger partial charge < -0.3 is 5.32 Å². The molecule has 3 aromatic carbocycles. The van der Waals surface area contributed by atoms with Gasteiger partial charge in [-0.2, -0.15) is 5.10 Å². The molecule has 0 bridgehead atoms. The van der Waals surface area contributed by atoms with E-state index in [1.54, 1.807) is 0 Å². The molecule has 0 radical (unpaired) electrons. The van der Waals surface area contributed by atoms with Crippen LogP contribution in [0.25, 0.3) is 38.6 Å². The molecule has 0 aliphatic heterocycles. The van der Waals surface area contributed by atoms with Crippen molar-refractivity contribution in [3.8, 4) is 16.8 Å². The fourth-order valence-corrected chi connectivity index (χ4v) is 4.31. The number of rotatable bonds is 4. The van der Waals surface area contributed by atoms with E-state index in [2.05, 4.69) is 22.4 Å². The van der Waals surface area contributed by atoms with Crippen molar-refractivity contribution < 1.29 is 4.79 Å². The number of benzene rings is 3. The van der Waals surface area contributed by atoms with Gasteiger partial charge in [-0.25, -0.2) is 4.68 Å². The Balaban J connectivity index is 1.48. The molecule has 0 unspecified atom stereocenters. The van der Waals surface area contributed by atoms with E-state index in [0.29, 0.717) is 16.6 Å². The number of aromatic nitrogens is 3. The van der Waals surface area contributed by atoms with Crippen molar-refractivity contribution in [1.29, 1.82) is 0 Å². The predicted octanol–water partition coefficient (Wildman–Crippen LogP) is 6.09. The summed E-state index contributed by atoms with van der Waals surface area (Å²) in [5.74, 6) is -0.0205. The molecule has 1 saturated carbocycles. The van der Waals surface area contributed by atoms with Crippen molar-refractivity contribution in [2.75, 3.05) is 0 Å². The van der Waals surface area contributed by atoms with Crippen LogP contribution < -0.4 is 5.32 Å². The number of carbonyl (C=O) groups is 1. The summed E-state index contributed by atoms with van der Waals surface area (Å²) in [5.41, 5.74) is 6.56. The molecule has 1 aliphatic carbocycles. The number of amides is 1. The smallest absolute Gasteiger partial charge is 0.251 e. The zero-order valence-electron chi connectivity index (χ0n) is 18.0. The van der Waals surface area contributed by atoms with Gasteiger partial charge in [-0.3, -0.25) is 9.78 Å². The molecule has 1 fully saturated rings. The van der Waals surface area contributed by atoms with E-state index in [9.17, 15) is 4.79 Å². The van der Waals surface area contributed by atoms with Gasteiger partial charge >= 0.3 is 0 Å². The largest absolute Gasteiger partial charge is 0.349 e. The topological polar surface area (TPSA) is 59.8 Å². The fourth-order valence-electron chi connectivity index (χ4n) is 4.18. The summed E-state index contributed by atoms with van der Waals surface area (Å²) in [5, 5.41) is 10.6. The fraction of sp³-hybridized carbons (Fsp3) is 0.148. The molecular formula is C27H21ClN4O. The Bertz CT molecular complexity index is 1520. The molecule has 0 spiro atoms. The molecule has 162 valence electrons. The number of carbonyl (C=O) groups excluding carboxylic acids is 1. The predicted molar refractivity (Wildman–Crippen MR) is 132 cm³/mol. The lowest BCUT2D eigenvalue weighted by molar-refractivity contribution is 0.0951. The van der Waals surface area contributed by atoms with Gasteiger partial charge in [-0.05, 0) is 79.4 Å². The van der Waals surface area contributed by atoms with Crippen LogP contribution in [0, 0.1) is 6.92 Å². The van der Waals surface area contributed by atoms with Crippen molar-refractivity contribution in [2.24, 2.45) is 0 Å². The van der Waals surface area contributed by atoms with Crippen LogP contribution in [0.2, 0.25) is 5.02 Å². The van der Waals surface area contributed by atoms with E-state index in [1.165, 1.54) is 0 Å². The van der Waals surface area contributed by atoms with Gasteiger partial charge in [0.05, 0.1) is 22.4 Å². The molecule has 33 heavy (non-hydrogen) atoms. The highest BCUT2D eigenvalue weighted by Crippen LogP contribution is 2.32. The quantitative estimate of drug-likeness (QED) is 0.358. The Morgan fingerprint density at radius 2 is 1.70 bits per heavy atom. The standard InChI is InChI=1S/C27H21ClN4O/c1-16-24-15-29-25-13-6-19(17-2-7-20(28)8-3-17)14-23(25)26(24)32(31-16)22-11-4-18(5-12-22)27(33)30-21-9-10-21/h2-8,11-15,21H,9-10H2,1H3,(H,30,33). The van der Waals surface area contributed by atoms with Gasteiger partial charge in [0.15, 0.2) is 0 Å². The van der Waals surface area contributed by atoms with Crippen molar-refractivity contribution >= 4 is 39.3 Å². The van der Waals surface area contributed by atoms with Crippen LogP contribution >= 0.6 is 11.6 Å². The average molecular weight is 453 g/mol. The van der Waals surface area contributed by atoms with E-state index in [-0.39, 0.29) is 5.91 Å². The molecule has 6 rings (SSSR count). The van der Waals surface area contributed by atoms with Crippen LogP contribution in [0.1, 0.15) is 28.9 Å². The molecule has 2 aromatic heterocycles. The highest BCUT2D eigenvalue weighted by molar-refractivity contribution is 6.30. The molecule has 6 heteroatoms. The maximum atomic E-state index is 12.4. The van der Waals surface area contributed by atoms with Crippen molar-refractivity contribution in [3.05, 3.63) is 89.2 Å². The second kappa shape index (κ2) is 7.71. The number of halogens is 1. The van der Waals surface area contributed by atoms with Crippen LogP contribution in [0.5, 0.6) is 0 Å². The van der Waals surface area contributed by atoms with Crippen LogP contribution in [0.3, 0.4) is 0 Å². The van der Waals surface area contributed by atoms with Gasteiger partial charge in [0, 0.05) is 33.6 Å². The number of nitrogens with zero attached hydrogens (tertiary/aromatic N) is 3. The summed E-state index contributed by atoms with van der Waals surface area (Å²) in [4.78, 5) is 17.0. The highest BCUT2D eigenvalue weighted by atomic mass is 35.5. The van der Waals surface area contributed by atoms with Gasteiger partial charge in [-0.15, -0.1) is 0 Å². The lowest BCUT2D eigenvalue weighted by Crippen LogP contribution is -2.25. The zero-order chi connectivity index (χ0) is 22.5. The van der Waals surface area contributed by atoms with E-state index in [0.717, 1.165) is 57.2 Å². The molecule has 5 nitrogen and oxygen atoms in total. The lowest BCUT2D eigenvalue weighted by Gasteiger charge is -2.09. The molecule has 5 aromatic rings. The summed E-state index contributed by atoms with van der Waals surface area (Å²) in [6.07, 6.45) is 4.03. The molecule has 0 atom stereocenters. The first-order chi connectivity index (χ1) is 16.1. The van der Waals surface area contributed by atoms with Gasteiger partial charge in [-0.1, -0.05) is 29.8 Å². The van der Waals surface area contributed by atoms with E-state index in [4.69, 9.17) is 16.7 Å². The van der Waals surface area contributed by atoms with E-state index < -0.39 is 0 Å². The van der Waals surface area contributed by atoms with Crippen molar-refractivity contribution in [3.63, 3.8) is 0 Å². The summed E-state index contributed by atoms with van der Waals surface area (Å²) >= 11 is 6.08. The molecule has 2 heterocycles. The summed E-state index contributed by atoms with van der Waals surface area (Å²) in [6, 6.07) is 22.1. The van der Waals surface area contributed by atoms with Crippen LogP contribution in [-0.2, 0) is 0 Å². The highest BCUT2D eigenvalue weighted by Gasteiger charge is 2.23. The summed E-state index contributed by atoms with van der Waals surface area (Å²) in [7, 11) is 0. The Hall–Kier alpha value is -3.70. The molecule has 0 saturated heterocycles. The number of fused-ring (bicyclic) bond motifs is 3. The third-order valence-electron chi connectivity index (χ3n) is 6.16. The monoisotopic (exact) mass is 452 g/mol. The van der Waals surface area contributed by atoms with E-state index >= 15 is 0 Å². The number of nitrogens with one attached hydrogen (secondary N) is 1. The van der Waals surface area contributed by atoms with Gasteiger partial charge in [0.1, 0.15) is 0 Å². The SMILES string of the molecule is Cc1nn(-c2ccc(C(=O)NC3CC3)cc2)c2c1cnc1ccc(-c3ccc(Cl)cc3)cc12. The first kappa shape index (κ1) is 19.9. The normalized spacial score (nSPS) is 13.5. The van der Waals surface area contributed by atoms with E-state index in [1.807, 2.05) is 72.4 Å². The van der Waals surface area contributed by atoms with Crippen LogP contribution in [0.15, 0.2) is 72.9 Å². The Morgan fingerprint density at radius 1 is 0.970 bits per heavy atom.